The van der Waals surface area contributed by atoms with Crippen molar-refractivity contribution in [2.75, 3.05) is 36.1 Å². The van der Waals surface area contributed by atoms with Gasteiger partial charge >= 0.3 is 5.97 Å². The van der Waals surface area contributed by atoms with Gasteiger partial charge in [-0.2, -0.15) is 0 Å². The van der Waals surface area contributed by atoms with E-state index in [1.54, 1.807) is 29.2 Å². The Morgan fingerprint density at radius 3 is 2.64 bits per heavy atom. The number of aryl methyl sites for hydroxylation is 1. The molecule has 2 aliphatic heterocycles. The summed E-state index contributed by atoms with van der Waals surface area (Å²) < 4.78 is 10.5. The molecule has 0 radical (unpaired) electrons. The second-order valence-electron chi connectivity index (χ2n) is 6.67. The van der Waals surface area contributed by atoms with Gasteiger partial charge in [-0.15, -0.1) is 0 Å². The molecule has 2 aliphatic rings. The fourth-order valence-corrected chi connectivity index (χ4v) is 3.51. The van der Waals surface area contributed by atoms with Crippen LogP contribution in [0.15, 0.2) is 48.5 Å². The molecular weight excluding hydrogens is 360 g/mol. The van der Waals surface area contributed by atoms with Crippen LogP contribution in [0.25, 0.3) is 0 Å². The number of benzene rings is 2. The lowest BCUT2D eigenvalue weighted by molar-refractivity contribution is -0.147. The Morgan fingerprint density at radius 2 is 1.79 bits per heavy atom. The van der Waals surface area contributed by atoms with Crippen molar-refractivity contribution >= 4 is 29.2 Å². The number of fused-ring (bicyclic) bond motifs is 2. The van der Waals surface area contributed by atoms with Gasteiger partial charge in [0, 0.05) is 12.2 Å². The monoisotopic (exact) mass is 380 g/mol. The van der Waals surface area contributed by atoms with Crippen LogP contribution in [-0.2, 0) is 25.5 Å². The van der Waals surface area contributed by atoms with Gasteiger partial charge in [0.1, 0.15) is 12.3 Å². The summed E-state index contributed by atoms with van der Waals surface area (Å²) in [7, 11) is 0. The van der Waals surface area contributed by atoms with Gasteiger partial charge in [0.25, 0.3) is 11.8 Å². The fourth-order valence-electron chi connectivity index (χ4n) is 3.51. The normalized spacial score (nSPS) is 15.4. The maximum Gasteiger partial charge on any atom is 0.326 e. The lowest BCUT2D eigenvalue weighted by atomic mass is 10.0. The molecule has 2 heterocycles. The quantitative estimate of drug-likeness (QED) is 0.758. The molecule has 4 rings (SSSR count). The average molecular weight is 380 g/mol. The smallest absolute Gasteiger partial charge is 0.326 e. The Bertz CT molecular complexity index is 927. The van der Waals surface area contributed by atoms with E-state index in [4.69, 9.17) is 9.47 Å². The van der Waals surface area contributed by atoms with Crippen LogP contribution in [0.2, 0.25) is 0 Å². The molecule has 144 valence electrons. The van der Waals surface area contributed by atoms with Crippen molar-refractivity contribution in [2.45, 2.75) is 12.8 Å². The molecule has 0 saturated carbocycles. The molecule has 28 heavy (non-hydrogen) atoms. The number of rotatable bonds is 4. The third-order valence-corrected chi connectivity index (χ3v) is 4.86. The van der Waals surface area contributed by atoms with Crippen LogP contribution in [0, 0.1) is 0 Å². The highest BCUT2D eigenvalue weighted by Crippen LogP contribution is 2.31. The lowest BCUT2D eigenvalue weighted by Gasteiger charge is -2.30. The Morgan fingerprint density at radius 1 is 1.04 bits per heavy atom. The topological polar surface area (TPSA) is 76.1 Å². The lowest BCUT2D eigenvalue weighted by Crippen LogP contribution is -2.43. The summed E-state index contributed by atoms with van der Waals surface area (Å²) in [5.41, 5.74) is 2.50. The molecule has 0 saturated heterocycles. The van der Waals surface area contributed by atoms with E-state index in [0.29, 0.717) is 18.0 Å². The molecule has 0 N–H and O–H groups in total. The standard InChI is InChI=1S/C21H20N2O5/c24-19(22-11-5-7-15-6-1-2-8-16(15)22)14-28-21(26)12-23-17-9-3-4-10-18(17)27-13-20(23)25/h1-4,6,8-10H,5,7,11-14H2. The molecule has 7 nitrogen and oxygen atoms in total. The predicted octanol–water partition coefficient (Wildman–Crippen LogP) is 1.93. The summed E-state index contributed by atoms with van der Waals surface area (Å²) in [5.74, 6) is -0.694. The first-order valence-electron chi connectivity index (χ1n) is 9.19. The number of ether oxygens (including phenoxy) is 2. The number of nitrogens with zero attached hydrogens (tertiary/aromatic N) is 2. The number of hydrogen-bond acceptors (Lipinski definition) is 5. The molecule has 0 unspecified atom stereocenters. The number of hydrogen-bond donors (Lipinski definition) is 0. The minimum atomic E-state index is -0.635. The highest BCUT2D eigenvalue weighted by Gasteiger charge is 2.28. The Labute approximate surface area is 162 Å². The SMILES string of the molecule is O=C(CN1C(=O)COc2ccccc21)OCC(=O)N1CCCc2ccccc21. The fraction of sp³-hybridized carbons (Fsp3) is 0.286. The van der Waals surface area contributed by atoms with Crippen LogP contribution < -0.4 is 14.5 Å². The summed E-state index contributed by atoms with van der Waals surface area (Å²) in [5, 5.41) is 0. The second-order valence-corrected chi connectivity index (χ2v) is 6.67. The Balaban J connectivity index is 1.38. The van der Waals surface area contributed by atoms with Crippen LogP contribution in [0.5, 0.6) is 5.75 Å². The summed E-state index contributed by atoms with van der Waals surface area (Å²) in [4.78, 5) is 39.9. The van der Waals surface area contributed by atoms with Crippen molar-refractivity contribution in [3.8, 4) is 5.75 Å². The van der Waals surface area contributed by atoms with Gasteiger partial charge in [0.15, 0.2) is 13.2 Å². The molecule has 2 aromatic rings. The van der Waals surface area contributed by atoms with Crippen LogP contribution in [-0.4, -0.2) is 44.1 Å². The molecule has 0 aromatic heterocycles. The minimum absolute atomic E-state index is 0.131. The van der Waals surface area contributed by atoms with E-state index in [0.717, 1.165) is 24.1 Å². The van der Waals surface area contributed by atoms with E-state index in [1.165, 1.54) is 4.90 Å². The zero-order chi connectivity index (χ0) is 19.5. The number of para-hydroxylation sites is 3. The van der Waals surface area contributed by atoms with Crippen LogP contribution in [0.1, 0.15) is 12.0 Å². The second kappa shape index (κ2) is 7.72. The van der Waals surface area contributed by atoms with Gasteiger partial charge in [-0.1, -0.05) is 30.3 Å². The molecule has 7 heteroatoms. The average Bonchev–Trinajstić information content (AvgIpc) is 2.73. The van der Waals surface area contributed by atoms with Gasteiger partial charge < -0.3 is 14.4 Å². The number of carbonyl (C=O) groups is 3. The largest absolute Gasteiger partial charge is 0.482 e. The third-order valence-electron chi connectivity index (χ3n) is 4.86. The van der Waals surface area contributed by atoms with Gasteiger partial charge in [0.05, 0.1) is 5.69 Å². The van der Waals surface area contributed by atoms with Gasteiger partial charge in [-0.3, -0.25) is 19.3 Å². The van der Waals surface area contributed by atoms with Crippen LogP contribution in [0.4, 0.5) is 11.4 Å². The molecule has 2 amide bonds. The van der Waals surface area contributed by atoms with E-state index in [1.807, 2.05) is 24.3 Å². The Hall–Kier alpha value is -3.35. The van der Waals surface area contributed by atoms with Gasteiger partial charge in [0.2, 0.25) is 0 Å². The summed E-state index contributed by atoms with van der Waals surface area (Å²) >= 11 is 0. The van der Waals surface area contributed by atoms with E-state index in [9.17, 15) is 14.4 Å². The van der Waals surface area contributed by atoms with Crippen molar-refractivity contribution in [3.63, 3.8) is 0 Å². The molecule has 0 aliphatic carbocycles. The van der Waals surface area contributed by atoms with E-state index in [2.05, 4.69) is 0 Å². The number of amides is 2. The molecule has 0 spiro atoms. The van der Waals surface area contributed by atoms with Crippen molar-refractivity contribution < 1.29 is 23.9 Å². The highest BCUT2D eigenvalue weighted by atomic mass is 16.5. The maximum atomic E-state index is 12.6. The summed E-state index contributed by atoms with van der Waals surface area (Å²) in [6, 6.07) is 14.7. The molecule has 0 fully saturated rings. The molecular formula is C21H20N2O5. The summed E-state index contributed by atoms with van der Waals surface area (Å²) in [6.45, 7) is -0.146. The summed E-state index contributed by atoms with van der Waals surface area (Å²) in [6.07, 6.45) is 1.80. The predicted molar refractivity (Wildman–Crippen MR) is 102 cm³/mol. The first kappa shape index (κ1) is 18.0. The van der Waals surface area contributed by atoms with E-state index in [-0.39, 0.29) is 31.6 Å². The maximum absolute atomic E-state index is 12.6. The Kier molecular flexibility index (Phi) is 4.97. The van der Waals surface area contributed by atoms with Gasteiger partial charge in [-0.25, -0.2) is 0 Å². The zero-order valence-corrected chi connectivity index (χ0v) is 15.3. The number of anilines is 2. The zero-order valence-electron chi connectivity index (χ0n) is 15.3. The van der Waals surface area contributed by atoms with Crippen molar-refractivity contribution in [3.05, 3.63) is 54.1 Å². The van der Waals surface area contributed by atoms with Crippen LogP contribution in [0.3, 0.4) is 0 Å². The van der Waals surface area contributed by atoms with E-state index < -0.39 is 5.97 Å². The first-order valence-corrected chi connectivity index (χ1v) is 9.19. The van der Waals surface area contributed by atoms with Crippen LogP contribution >= 0.6 is 0 Å². The number of esters is 1. The van der Waals surface area contributed by atoms with Crippen molar-refractivity contribution in [1.29, 1.82) is 0 Å². The van der Waals surface area contributed by atoms with E-state index >= 15 is 0 Å². The third kappa shape index (κ3) is 3.55. The number of carbonyl (C=O) groups excluding carboxylic acids is 3. The van der Waals surface area contributed by atoms with Crippen molar-refractivity contribution in [2.24, 2.45) is 0 Å². The molecule has 0 bridgehead atoms. The van der Waals surface area contributed by atoms with Crippen molar-refractivity contribution in [1.82, 2.24) is 0 Å². The van der Waals surface area contributed by atoms with Gasteiger partial charge in [-0.05, 0) is 36.6 Å². The molecule has 2 aromatic carbocycles. The minimum Gasteiger partial charge on any atom is -0.482 e. The molecule has 0 atom stereocenters. The first-order chi connectivity index (χ1) is 13.6. The highest BCUT2D eigenvalue weighted by molar-refractivity contribution is 6.02.